The number of aromatic nitrogens is 3. The third-order valence-corrected chi connectivity index (χ3v) is 8.47. The maximum absolute atomic E-state index is 14.0. The van der Waals surface area contributed by atoms with Gasteiger partial charge in [0.05, 0.1) is 23.9 Å². The molecule has 43 heavy (non-hydrogen) atoms. The van der Waals surface area contributed by atoms with Gasteiger partial charge in [-0.15, -0.1) is 5.10 Å². The van der Waals surface area contributed by atoms with Crippen LogP contribution in [0.4, 0.5) is 17.1 Å². The fourth-order valence-electron chi connectivity index (χ4n) is 6.07. The van der Waals surface area contributed by atoms with Gasteiger partial charge in [-0.25, -0.2) is 0 Å². The second kappa shape index (κ2) is 11.9. The number of anilines is 3. The summed E-state index contributed by atoms with van der Waals surface area (Å²) in [5, 5.41) is 30.6. The number of allylic oxidation sites excluding steroid dienone is 1. The largest absolute Gasteiger partial charge is 0.395 e. The van der Waals surface area contributed by atoms with Gasteiger partial charge in [0.2, 0.25) is 5.91 Å². The van der Waals surface area contributed by atoms with Crippen LogP contribution in [0.25, 0.3) is 0 Å². The molecule has 2 aliphatic heterocycles. The number of hydrogen-bond donors (Lipinski definition) is 2. The number of benzene rings is 3. The fraction of sp³-hybridized carbons (Fsp3) is 0.294. The number of aliphatic hydroxyl groups is 2. The Morgan fingerprint density at radius 2 is 1.74 bits per heavy atom. The lowest BCUT2D eigenvalue weighted by atomic mass is 9.82. The molecule has 6 rings (SSSR count). The van der Waals surface area contributed by atoms with E-state index >= 15 is 0 Å². The monoisotopic (exact) mass is 577 g/mol. The van der Waals surface area contributed by atoms with E-state index in [0.29, 0.717) is 54.3 Å². The Balaban J connectivity index is 1.22. The molecular weight excluding hydrogens is 542 g/mol. The number of aliphatic hydroxyl groups excluding tert-OH is 1. The Labute approximate surface area is 250 Å². The molecule has 9 heteroatoms. The highest BCUT2D eigenvalue weighted by Gasteiger charge is 2.53. The zero-order valence-electron chi connectivity index (χ0n) is 24.1. The molecule has 0 saturated carbocycles. The molecule has 4 aromatic rings. The molecule has 1 aromatic heterocycles. The van der Waals surface area contributed by atoms with Gasteiger partial charge in [-0.1, -0.05) is 72.8 Å². The fourth-order valence-corrected chi connectivity index (χ4v) is 6.07. The molecule has 0 spiro atoms. The molecule has 1 saturated heterocycles. The van der Waals surface area contributed by atoms with E-state index in [-0.39, 0.29) is 18.4 Å². The van der Waals surface area contributed by atoms with E-state index in [2.05, 4.69) is 10.3 Å². The van der Waals surface area contributed by atoms with Gasteiger partial charge < -0.3 is 15.1 Å². The molecule has 1 unspecified atom stereocenters. The quantitative estimate of drug-likeness (QED) is 0.265. The summed E-state index contributed by atoms with van der Waals surface area (Å²) in [7, 11) is 0. The summed E-state index contributed by atoms with van der Waals surface area (Å²) < 4.78 is 1.73. The zero-order valence-corrected chi connectivity index (χ0v) is 24.1. The molecule has 0 aliphatic carbocycles. The normalized spacial score (nSPS) is 19.8. The van der Waals surface area contributed by atoms with Gasteiger partial charge in [0, 0.05) is 48.6 Å². The highest BCUT2D eigenvalue weighted by atomic mass is 16.3. The third-order valence-electron chi connectivity index (χ3n) is 8.47. The van der Waals surface area contributed by atoms with Gasteiger partial charge in [-0.05, 0) is 48.7 Å². The van der Waals surface area contributed by atoms with Crippen LogP contribution in [0.5, 0.6) is 0 Å². The number of fused-ring (bicyclic) bond motifs is 1. The maximum atomic E-state index is 14.0. The lowest BCUT2D eigenvalue weighted by Crippen LogP contribution is -2.42. The van der Waals surface area contributed by atoms with Crippen LogP contribution in [0.1, 0.15) is 48.9 Å². The molecule has 0 bridgehead atoms. The summed E-state index contributed by atoms with van der Waals surface area (Å²) in [5.74, 6) is -1.18. The van der Waals surface area contributed by atoms with Crippen molar-refractivity contribution in [3.8, 4) is 0 Å². The Bertz CT molecular complexity index is 1640. The number of amides is 2. The molecule has 220 valence electrons. The smallest absolute Gasteiger partial charge is 0.268 e. The van der Waals surface area contributed by atoms with Crippen LogP contribution < -0.4 is 9.80 Å². The van der Waals surface area contributed by atoms with Gasteiger partial charge in [0.15, 0.2) is 5.60 Å². The molecule has 3 aromatic carbocycles. The Hall–Kier alpha value is -4.60. The first-order chi connectivity index (χ1) is 20.9. The van der Waals surface area contributed by atoms with Crippen LogP contribution in [-0.2, 0) is 21.7 Å². The Kier molecular flexibility index (Phi) is 7.92. The van der Waals surface area contributed by atoms with Crippen LogP contribution >= 0.6 is 0 Å². The second-order valence-corrected chi connectivity index (χ2v) is 11.2. The van der Waals surface area contributed by atoms with E-state index in [1.165, 1.54) is 0 Å². The molecule has 0 radical (unpaired) electrons. The first-order valence-electron chi connectivity index (χ1n) is 14.7. The minimum Gasteiger partial charge on any atom is -0.395 e. The average molecular weight is 578 g/mol. The van der Waals surface area contributed by atoms with Gasteiger partial charge in [0.25, 0.3) is 5.91 Å². The van der Waals surface area contributed by atoms with Crippen LogP contribution in [0, 0.1) is 5.92 Å². The van der Waals surface area contributed by atoms with Crippen molar-refractivity contribution in [2.24, 2.45) is 5.92 Å². The number of carbonyl (C=O) groups is 2. The molecule has 2 N–H and O–H groups in total. The topological polar surface area (TPSA) is 112 Å². The summed E-state index contributed by atoms with van der Waals surface area (Å²) in [6.45, 7) is 2.93. The SMILES string of the molecule is C[C@@H](/C=C/CCn1cc(C(CO)c2ccccc2)nn1)[C@]1(O)C(=O)N(c2ccccc2)c2ccc(N3CCCC3=O)cc21. The highest BCUT2D eigenvalue weighted by Crippen LogP contribution is 2.49. The standard InChI is InChI=1S/C34H35N5O4/c1-24(11-8-9-19-37-22-30(35-36-37)28(23-40)25-12-4-2-5-13-25)34(43)29-21-27(38-20-10-16-32(38)41)17-18-31(29)39(33(34)42)26-14-6-3-7-15-26/h2-8,11-15,17-18,21-22,24,28,40,43H,9-10,16,19-20,23H2,1H3/b11-8+/t24-,28?,34+/m0/s1. The van der Waals surface area contributed by atoms with E-state index in [4.69, 9.17) is 0 Å². The number of hydrogen-bond acceptors (Lipinski definition) is 6. The summed E-state index contributed by atoms with van der Waals surface area (Å²) in [4.78, 5) is 29.8. The number of carbonyl (C=O) groups excluding carboxylic acids is 2. The van der Waals surface area contributed by atoms with Crippen LogP contribution in [0.15, 0.2) is 97.2 Å². The summed E-state index contributed by atoms with van der Waals surface area (Å²) in [6, 6.07) is 24.5. The predicted molar refractivity (Wildman–Crippen MR) is 164 cm³/mol. The van der Waals surface area contributed by atoms with E-state index in [0.717, 1.165) is 12.0 Å². The lowest BCUT2D eigenvalue weighted by molar-refractivity contribution is -0.138. The Morgan fingerprint density at radius 3 is 2.44 bits per heavy atom. The van der Waals surface area contributed by atoms with Crippen molar-refractivity contribution >= 4 is 28.9 Å². The number of aryl methyl sites for hydroxylation is 1. The maximum Gasteiger partial charge on any atom is 0.268 e. The van der Waals surface area contributed by atoms with Crippen LogP contribution in [0.2, 0.25) is 0 Å². The highest BCUT2D eigenvalue weighted by molar-refractivity contribution is 6.12. The molecular formula is C34H35N5O4. The molecule has 2 amide bonds. The molecule has 1 fully saturated rings. The van der Waals surface area contributed by atoms with Crippen LogP contribution in [0.3, 0.4) is 0 Å². The van der Waals surface area contributed by atoms with Crippen molar-refractivity contribution in [2.45, 2.75) is 44.2 Å². The van der Waals surface area contributed by atoms with E-state index in [1.54, 1.807) is 20.5 Å². The van der Waals surface area contributed by atoms with Crippen molar-refractivity contribution in [2.75, 3.05) is 23.0 Å². The summed E-state index contributed by atoms with van der Waals surface area (Å²) in [6.07, 6.45) is 7.53. The van der Waals surface area contributed by atoms with E-state index in [9.17, 15) is 19.8 Å². The zero-order chi connectivity index (χ0) is 30.0. The third kappa shape index (κ3) is 5.26. The summed E-state index contributed by atoms with van der Waals surface area (Å²) in [5.41, 5.74) is 2.32. The van der Waals surface area contributed by atoms with Gasteiger partial charge >= 0.3 is 0 Å². The van der Waals surface area contributed by atoms with Crippen molar-refractivity contribution in [1.82, 2.24) is 15.0 Å². The van der Waals surface area contributed by atoms with Crippen molar-refractivity contribution < 1.29 is 19.8 Å². The number of rotatable bonds is 10. The minimum atomic E-state index is -1.81. The lowest BCUT2D eigenvalue weighted by Gasteiger charge is -2.28. The average Bonchev–Trinajstić information content (AvgIpc) is 3.74. The van der Waals surface area contributed by atoms with Crippen LogP contribution in [-0.4, -0.2) is 50.2 Å². The summed E-state index contributed by atoms with van der Waals surface area (Å²) >= 11 is 0. The van der Waals surface area contributed by atoms with Crippen molar-refractivity contribution in [1.29, 1.82) is 0 Å². The van der Waals surface area contributed by atoms with E-state index in [1.807, 2.05) is 98.1 Å². The van der Waals surface area contributed by atoms with Gasteiger partial charge in [0.1, 0.15) is 0 Å². The Morgan fingerprint density at radius 1 is 1.00 bits per heavy atom. The molecule has 3 heterocycles. The van der Waals surface area contributed by atoms with Crippen molar-refractivity contribution in [3.05, 3.63) is 114 Å². The second-order valence-electron chi connectivity index (χ2n) is 11.2. The van der Waals surface area contributed by atoms with E-state index < -0.39 is 17.4 Å². The minimum absolute atomic E-state index is 0.0472. The predicted octanol–water partition coefficient (Wildman–Crippen LogP) is 4.68. The molecule has 2 aliphatic rings. The molecule has 9 nitrogen and oxygen atoms in total. The first-order valence-corrected chi connectivity index (χ1v) is 14.7. The van der Waals surface area contributed by atoms with Gasteiger partial charge in [-0.3, -0.25) is 19.2 Å². The number of nitrogens with zero attached hydrogens (tertiary/aromatic N) is 5. The van der Waals surface area contributed by atoms with Crippen molar-refractivity contribution in [3.63, 3.8) is 0 Å². The number of para-hydroxylation sites is 1. The molecule has 3 atom stereocenters. The first kappa shape index (κ1) is 28.5. The van der Waals surface area contributed by atoms with Gasteiger partial charge in [-0.2, -0.15) is 0 Å².